The summed E-state index contributed by atoms with van der Waals surface area (Å²) in [5.41, 5.74) is 2.35. The van der Waals surface area contributed by atoms with Crippen molar-refractivity contribution in [2.75, 3.05) is 55.3 Å². The summed E-state index contributed by atoms with van der Waals surface area (Å²) in [6.07, 6.45) is -1.31. The topological polar surface area (TPSA) is 91.5 Å². The standard InChI is InChI=1S/C29H32F3N7O2/c1-37-13-15-38(16-14-37)20-9-10-24(22(17-20)19-7-8-19)35-28-34-18-23(29(30,31)32)26(36-28)33-11-4-12-39-27(40)21-5-2-3-6-25(21)41-39/h2-3,5-6,9-10,17-19H,4,7-8,11-16H2,1H3,(H2,33,34,35,36). The molecule has 4 aromatic rings. The van der Waals surface area contributed by atoms with Crippen LogP contribution < -0.4 is 21.1 Å². The van der Waals surface area contributed by atoms with E-state index in [9.17, 15) is 18.0 Å². The minimum absolute atomic E-state index is 0.0863. The van der Waals surface area contributed by atoms with Crippen LogP contribution in [-0.2, 0) is 12.7 Å². The number of nitrogens with one attached hydrogen (secondary N) is 2. The van der Waals surface area contributed by atoms with E-state index in [1.165, 1.54) is 4.74 Å². The van der Waals surface area contributed by atoms with Crippen molar-refractivity contribution in [1.29, 1.82) is 0 Å². The van der Waals surface area contributed by atoms with Gasteiger partial charge in [-0.1, -0.05) is 12.1 Å². The molecule has 1 aliphatic heterocycles. The first-order valence-corrected chi connectivity index (χ1v) is 13.9. The Morgan fingerprint density at radius 1 is 1.07 bits per heavy atom. The molecule has 0 unspecified atom stereocenters. The zero-order valence-corrected chi connectivity index (χ0v) is 22.7. The zero-order valence-electron chi connectivity index (χ0n) is 22.7. The van der Waals surface area contributed by atoms with Gasteiger partial charge in [-0.15, -0.1) is 0 Å². The van der Waals surface area contributed by atoms with Crippen molar-refractivity contribution < 1.29 is 17.7 Å². The normalized spacial score (nSPS) is 16.3. The Bertz CT molecular complexity index is 1590. The lowest BCUT2D eigenvalue weighted by atomic mass is 10.1. The number of nitrogens with zero attached hydrogens (tertiary/aromatic N) is 5. The van der Waals surface area contributed by atoms with E-state index in [-0.39, 0.29) is 30.4 Å². The number of anilines is 4. The minimum atomic E-state index is -4.63. The van der Waals surface area contributed by atoms with Crippen molar-refractivity contribution in [2.45, 2.75) is 37.9 Å². The molecule has 2 aromatic heterocycles. The Hall–Kier alpha value is -4.06. The molecule has 0 radical (unpaired) electrons. The number of hydrogen-bond donors (Lipinski definition) is 2. The fourth-order valence-corrected chi connectivity index (χ4v) is 5.16. The molecule has 0 amide bonds. The van der Waals surface area contributed by atoms with Crippen molar-refractivity contribution in [3.63, 3.8) is 0 Å². The fourth-order valence-electron chi connectivity index (χ4n) is 5.16. The summed E-state index contributed by atoms with van der Waals surface area (Å²) in [7, 11) is 2.12. The Morgan fingerprint density at radius 2 is 1.85 bits per heavy atom. The van der Waals surface area contributed by atoms with Crippen molar-refractivity contribution in [2.24, 2.45) is 0 Å². The van der Waals surface area contributed by atoms with Crippen molar-refractivity contribution in [3.8, 4) is 0 Å². The summed E-state index contributed by atoms with van der Waals surface area (Å²) < 4.78 is 48.1. The second-order valence-corrected chi connectivity index (χ2v) is 10.7. The Kier molecular flexibility index (Phi) is 7.33. The number of hydrogen-bond acceptors (Lipinski definition) is 8. The monoisotopic (exact) mass is 567 g/mol. The molecular weight excluding hydrogens is 535 g/mol. The quantitative estimate of drug-likeness (QED) is 0.264. The Morgan fingerprint density at radius 3 is 2.59 bits per heavy atom. The van der Waals surface area contributed by atoms with Crippen LogP contribution in [0.5, 0.6) is 0 Å². The van der Waals surface area contributed by atoms with E-state index < -0.39 is 11.7 Å². The lowest BCUT2D eigenvalue weighted by Gasteiger charge is -2.34. The van der Waals surface area contributed by atoms with Crippen LogP contribution in [0.25, 0.3) is 11.0 Å². The van der Waals surface area contributed by atoms with Gasteiger partial charge in [-0.2, -0.15) is 22.9 Å². The van der Waals surface area contributed by atoms with E-state index in [1.54, 1.807) is 24.3 Å². The van der Waals surface area contributed by atoms with E-state index in [0.29, 0.717) is 23.3 Å². The van der Waals surface area contributed by atoms with E-state index >= 15 is 0 Å². The van der Waals surface area contributed by atoms with Crippen LogP contribution in [0.4, 0.5) is 36.3 Å². The molecule has 3 heterocycles. The molecule has 2 N–H and O–H groups in total. The van der Waals surface area contributed by atoms with Crippen molar-refractivity contribution in [3.05, 3.63) is 70.1 Å². The highest BCUT2D eigenvalue weighted by Crippen LogP contribution is 2.45. The smallest absolute Gasteiger partial charge is 0.376 e. The van der Waals surface area contributed by atoms with E-state index in [0.717, 1.165) is 62.2 Å². The summed E-state index contributed by atoms with van der Waals surface area (Å²) in [4.78, 5) is 25.3. The highest BCUT2D eigenvalue weighted by molar-refractivity contribution is 5.75. The van der Waals surface area contributed by atoms with Crippen LogP contribution in [-0.4, -0.2) is 59.4 Å². The molecule has 0 atom stereocenters. The van der Waals surface area contributed by atoms with Crippen LogP contribution in [0, 0.1) is 0 Å². The van der Waals surface area contributed by atoms with Crippen LogP contribution in [0.3, 0.4) is 0 Å². The van der Waals surface area contributed by atoms with Gasteiger partial charge >= 0.3 is 6.18 Å². The molecule has 0 bridgehead atoms. The predicted octanol–water partition coefficient (Wildman–Crippen LogP) is 5.28. The molecule has 216 valence electrons. The SMILES string of the molecule is CN1CCN(c2ccc(Nc3ncc(C(F)(F)F)c(NCCCn4oc5ccccc5c4=O)n3)c(C3CC3)c2)CC1. The fraction of sp³-hybridized carbons (Fsp3) is 0.414. The number of piperazine rings is 1. The number of rotatable bonds is 9. The second-order valence-electron chi connectivity index (χ2n) is 10.7. The highest BCUT2D eigenvalue weighted by Gasteiger charge is 2.35. The highest BCUT2D eigenvalue weighted by atomic mass is 19.4. The summed E-state index contributed by atoms with van der Waals surface area (Å²) in [5, 5.41) is 6.43. The number of fused-ring (bicyclic) bond motifs is 1. The van der Waals surface area contributed by atoms with E-state index in [4.69, 9.17) is 4.52 Å². The lowest BCUT2D eigenvalue weighted by molar-refractivity contribution is -0.137. The van der Waals surface area contributed by atoms with Gasteiger partial charge < -0.3 is 25.0 Å². The van der Waals surface area contributed by atoms with E-state index in [2.05, 4.69) is 43.5 Å². The Labute approximate surface area is 234 Å². The number of alkyl halides is 3. The molecule has 12 heteroatoms. The maximum absolute atomic E-state index is 13.8. The molecule has 1 saturated heterocycles. The van der Waals surface area contributed by atoms with E-state index in [1.807, 2.05) is 12.1 Å². The average Bonchev–Trinajstić information content (AvgIpc) is 3.75. The maximum atomic E-state index is 13.8. The first kappa shape index (κ1) is 27.1. The third-order valence-corrected chi connectivity index (χ3v) is 7.64. The summed E-state index contributed by atoms with van der Waals surface area (Å²) in [6.45, 7) is 4.27. The van der Waals surface area contributed by atoms with Gasteiger partial charge in [-0.25, -0.2) is 4.98 Å². The van der Waals surface area contributed by atoms with Gasteiger partial charge in [-0.3, -0.25) is 4.79 Å². The number of benzene rings is 2. The number of halogens is 3. The second kappa shape index (κ2) is 11.1. The predicted molar refractivity (Wildman–Crippen MR) is 152 cm³/mol. The minimum Gasteiger partial charge on any atom is -0.376 e. The molecule has 9 nitrogen and oxygen atoms in total. The third-order valence-electron chi connectivity index (χ3n) is 7.64. The number of likely N-dealkylation sites (N-methyl/N-ethyl adjacent to an activating group) is 1. The van der Waals surface area contributed by atoms with Gasteiger partial charge in [0.25, 0.3) is 5.56 Å². The first-order chi connectivity index (χ1) is 19.8. The lowest BCUT2D eigenvalue weighted by Crippen LogP contribution is -2.44. The summed E-state index contributed by atoms with van der Waals surface area (Å²) in [6, 6.07) is 13.1. The van der Waals surface area contributed by atoms with Gasteiger partial charge in [0.2, 0.25) is 5.95 Å². The molecular formula is C29H32F3N7O2. The van der Waals surface area contributed by atoms with Crippen molar-refractivity contribution >= 4 is 34.1 Å². The molecule has 1 saturated carbocycles. The van der Waals surface area contributed by atoms with Gasteiger partial charge in [-0.05, 0) is 68.1 Å². The van der Waals surface area contributed by atoms with Crippen LogP contribution in [0.15, 0.2) is 58.0 Å². The molecule has 1 aliphatic carbocycles. The summed E-state index contributed by atoms with van der Waals surface area (Å²) >= 11 is 0. The molecule has 2 aliphatic rings. The van der Waals surface area contributed by atoms with Crippen molar-refractivity contribution in [1.82, 2.24) is 19.6 Å². The maximum Gasteiger partial charge on any atom is 0.421 e. The van der Waals surface area contributed by atoms with Gasteiger partial charge in [0.1, 0.15) is 11.4 Å². The van der Waals surface area contributed by atoms with Gasteiger partial charge in [0.15, 0.2) is 5.58 Å². The number of aryl methyl sites for hydroxylation is 1. The molecule has 2 aromatic carbocycles. The van der Waals surface area contributed by atoms with Gasteiger partial charge in [0.05, 0.1) is 11.9 Å². The Balaban J connectivity index is 1.17. The number of para-hydroxylation sites is 1. The third kappa shape index (κ3) is 6.02. The molecule has 0 spiro atoms. The largest absolute Gasteiger partial charge is 0.421 e. The van der Waals surface area contributed by atoms with Crippen LogP contribution in [0.1, 0.15) is 36.3 Å². The van der Waals surface area contributed by atoms with Crippen LogP contribution in [0.2, 0.25) is 0 Å². The average molecular weight is 568 g/mol. The van der Waals surface area contributed by atoms with Crippen LogP contribution >= 0.6 is 0 Å². The first-order valence-electron chi connectivity index (χ1n) is 13.9. The van der Waals surface area contributed by atoms with Gasteiger partial charge in [0, 0.05) is 50.3 Å². The summed E-state index contributed by atoms with van der Waals surface area (Å²) in [5.74, 6) is 0.191. The zero-order chi connectivity index (χ0) is 28.6. The molecule has 2 fully saturated rings. The molecule has 6 rings (SSSR count). The number of aromatic nitrogens is 3. The molecule has 41 heavy (non-hydrogen) atoms.